The Morgan fingerprint density at radius 3 is 2.28 bits per heavy atom. The Morgan fingerprint density at radius 2 is 1.80 bits per heavy atom. The number of Topliss-reactive ketones (excluding diaryl/α,β-unsaturated/α-hetero) is 1. The van der Waals surface area contributed by atoms with Crippen LogP contribution in [0.25, 0.3) is 0 Å². The van der Waals surface area contributed by atoms with Crippen LogP contribution in [0, 0.1) is 11.3 Å². The van der Waals surface area contributed by atoms with E-state index in [0.29, 0.717) is 17.6 Å². The van der Waals surface area contributed by atoms with Crippen LogP contribution in [-0.4, -0.2) is 17.0 Å². The Morgan fingerprint density at radius 1 is 1.20 bits per heavy atom. The fourth-order valence-electron chi connectivity index (χ4n) is 4.24. The van der Waals surface area contributed by atoms with E-state index in [1.54, 1.807) is 6.92 Å². The standard InChI is InChI=1S/C23H36O2/c1-5-19(16-20-6-8-21(9-7-20)17(2)3)10-13-23(18(4)24)14-11-22(25)12-15-23/h6-9,17,19,22,25H,5,10-16H2,1-4H3. The molecular formula is C23H36O2. The molecule has 1 aliphatic carbocycles. The monoisotopic (exact) mass is 344 g/mol. The number of benzene rings is 1. The van der Waals surface area contributed by atoms with Crippen LogP contribution in [0.5, 0.6) is 0 Å². The maximum absolute atomic E-state index is 12.3. The van der Waals surface area contributed by atoms with E-state index in [2.05, 4.69) is 45.0 Å². The van der Waals surface area contributed by atoms with E-state index < -0.39 is 0 Å². The van der Waals surface area contributed by atoms with Crippen molar-refractivity contribution in [3.8, 4) is 0 Å². The third kappa shape index (κ3) is 5.41. The largest absolute Gasteiger partial charge is 0.393 e. The van der Waals surface area contributed by atoms with Gasteiger partial charge in [0.25, 0.3) is 0 Å². The van der Waals surface area contributed by atoms with Gasteiger partial charge < -0.3 is 5.11 Å². The summed E-state index contributed by atoms with van der Waals surface area (Å²) < 4.78 is 0. The summed E-state index contributed by atoms with van der Waals surface area (Å²) in [5, 5.41) is 9.79. The van der Waals surface area contributed by atoms with Crippen LogP contribution in [-0.2, 0) is 11.2 Å². The van der Waals surface area contributed by atoms with E-state index in [0.717, 1.165) is 51.4 Å². The minimum Gasteiger partial charge on any atom is -0.393 e. The van der Waals surface area contributed by atoms with Crippen molar-refractivity contribution < 1.29 is 9.90 Å². The minimum atomic E-state index is -0.200. The molecule has 2 nitrogen and oxygen atoms in total. The van der Waals surface area contributed by atoms with Crippen LogP contribution in [0.3, 0.4) is 0 Å². The molecule has 2 heteroatoms. The summed E-state index contributed by atoms with van der Waals surface area (Å²) in [6.45, 7) is 8.47. The van der Waals surface area contributed by atoms with E-state index in [9.17, 15) is 9.90 Å². The molecule has 0 saturated heterocycles. The van der Waals surface area contributed by atoms with Crippen molar-refractivity contribution in [2.75, 3.05) is 0 Å². The average molecular weight is 345 g/mol. The van der Waals surface area contributed by atoms with Crippen LogP contribution >= 0.6 is 0 Å². The molecule has 140 valence electrons. The van der Waals surface area contributed by atoms with Crippen LogP contribution in [0.2, 0.25) is 0 Å². The van der Waals surface area contributed by atoms with Crippen molar-refractivity contribution in [2.45, 2.75) is 91.1 Å². The van der Waals surface area contributed by atoms with E-state index >= 15 is 0 Å². The van der Waals surface area contributed by atoms with Crippen molar-refractivity contribution in [3.05, 3.63) is 35.4 Å². The van der Waals surface area contributed by atoms with Gasteiger partial charge in [0.05, 0.1) is 6.10 Å². The van der Waals surface area contributed by atoms with E-state index in [-0.39, 0.29) is 11.5 Å². The van der Waals surface area contributed by atoms with Crippen LogP contribution in [0.1, 0.15) is 89.7 Å². The highest BCUT2D eigenvalue weighted by atomic mass is 16.3. The van der Waals surface area contributed by atoms with Crippen molar-refractivity contribution in [3.63, 3.8) is 0 Å². The lowest BCUT2D eigenvalue weighted by Crippen LogP contribution is -2.36. The summed E-state index contributed by atoms with van der Waals surface area (Å²) >= 11 is 0. The maximum Gasteiger partial charge on any atom is 0.135 e. The molecule has 25 heavy (non-hydrogen) atoms. The molecule has 1 unspecified atom stereocenters. The Kier molecular flexibility index (Phi) is 7.25. The molecule has 1 atom stereocenters. The molecule has 1 saturated carbocycles. The first-order valence-electron chi connectivity index (χ1n) is 10.1. The highest BCUT2D eigenvalue weighted by Crippen LogP contribution is 2.42. The smallest absolute Gasteiger partial charge is 0.135 e. The van der Waals surface area contributed by atoms with Gasteiger partial charge in [0, 0.05) is 5.41 Å². The molecule has 1 fully saturated rings. The lowest BCUT2D eigenvalue weighted by atomic mass is 9.67. The second-order valence-corrected chi connectivity index (χ2v) is 8.48. The highest BCUT2D eigenvalue weighted by molar-refractivity contribution is 5.82. The van der Waals surface area contributed by atoms with Crippen LogP contribution in [0.15, 0.2) is 24.3 Å². The molecule has 2 rings (SSSR count). The van der Waals surface area contributed by atoms with Gasteiger partial charge in [-0.15, -0.1) is 0 Å². The topological polar surface area (TPSA) is 37.3 Å². The summed E-state index contributed by atoms with van der Waals surface area (Å²) in [5.74, 6) is 1.54. The molecule has 1 aromatic rings. The quantitative estimate of drug-likeness (QED) is 0.660. The second-order valence-electron chi connectivity index (χ2n) is 8.48. The number of hydrogen-bond donors (Lipinski definition) is 1. The van der Waals surface area contributed by atoms with Gasteiger partial charge in [-0.25, -0.2) is 0 Å². The Balaban J connectivity index is 1.95. The Hall–Kier alpha value is -1.15. The third-order valence-electron chi connectivity index (χ3n) is 6.44. The van der Waals surface area contributed by atoms with Crippen molar-refractivity contribution >= 4 is 5.78 Å². The van der Waals surface area contributed by atoms with Gasteiger partial charge in [-0.05, 0) is 74.8 Å². The summed E-state index contributed by atoms with van der Waals surface area (Å²) in [4.78, 5) is 12.3. The van der Waals surface area contributed by atoms with Gasteiger partial charge in [0.15, 0.2) is 0 Å². The summed E-state index contributed by atoms with van der Waals surface area (Å²) in [7, 11) is 0. The number of ketones is 1. The van der Waals surface area contributed by atoms with Crippen molar-refractivity contribution in [2.24, 2.45) is 11.3 Å². The summed E-state index contributed by atoms with van der Waals surface area (Å²) in [6.07, 6.45) is 7.45. The number of hydrogen-bond acceptors (Lipinski definition) is 2. The van der Waals surface area contributed by atoms with E-state index in [1.807, 2.05) is 0 Å². The zero-order valence-electron chi connectivity index (χ0n) is 16.6. The van der Waals surface area contributed by atoms with Crippen molar-refractivity contribution in [1.29, 1.82) is 0 Å². The number of aliphatic hydroxyl groups excluding tert-OH is 1. The fourth-order valence-corrected chi connectivity index (χ4v) is 4.24. The molecule has 0 aromatic heterocycles. The molecule has 0 spiro atoms. The SMILES string of the molecule is CCC(CCC1(C(C)=O)CCC(O)CC1)Cc1ccc(C(C)C)cc1. The van der Waals surface area contributed by atoms with Crippen molar-refractivity contribution in [1.82, 2.24) is 0 Å². The van der Waals surface area contributed by atoms with E-state index in [4.69, 9.17) is 0 Å². The van der Waals surface area contributed by atoms with Gasteiger partial charge in [-0.2, -0.15) is 0 Å². The zero-order valence-corrected chi connectivity index (χ0v) is 16.6. The molecule has 0 bridgehead atoms. The Bertz CT molecular complexity index is 536. The molecule has 1 aliphatic rings. The van der Waals surface area contributed by atoms with Crippen LogP contribution in [0.4, 0.5) is 0 Å². The summed E-state index contributed by atoms with van der Waals surface area (Å²) in [6, 6.07) is 9.06. The molecule has 0 radical (unpaired) electrons. The van der Waals surface area contributed by atoms with Gasteiger partial charge in [0.1, 0.15) is 5.78 Å². The average Bonchev–Trinajstić information content (AvgIpc) is 2.60. The van der Waals surface area contributed by atoms with Gasteiger partial charge in [-0.3, -0.25) is 4.79 Å². The van der Waals surface area contributed by atoms with Gasteiger partial charge in [-0.1, -0.05) is 51.5 Å². The highest BCUT2D eigenvalue weighted by Gasteiger charge is 2.38. The van der Waals surface area contributed by atoms with Gasteiger partial charge in [0.2, 0.25) is 0 Å². The first-order valence-corrected chi connectivity index (χ1v) is 10.1. The van der Waals surface area contributed by atoms with Crippen LogP contribution < -0.4 is 0 Å². The Labute approximate surface area is 154 Å². The van der Waals surface area contributed by atoms with Gasteiger partial charge >= 0.3 is 0 Å². The van der Waals surface area contributed by atoms with E-state index in [1.165, 1.54) is 11.1 Å². The first kappa shape index (κ1) is 20.2. The maximum atomic E-state index is 12.3. The zero-order chi connectivity index (χ0) is 18.4. The molecular weight excluding hydrogens is 308 g/mol. The number of aliphatic hydroxyl groups is 1. The summed E-state index contributed by atoms with van der Waals surface area (Å²) in [5.41, 5.74) is 2.63. The molecule has 1 aromatic carbocycles. The number of rotatable bonds is 8. The number of carbonyl (C=O) groups is 1. The predicted molar refractivity (Wildman–Crippen MR) is 105 cm³/mol. The molecule has 1 N–H and O–H groups in total. The lowest BCUT2D eigenvalue weighted by Gasteiger charge is -2.38. The molecule has 0 aliphatic heterocycles. The lowest BCUT2D eigenvalue weighted by molar-refractivity contribution is -0.130. The predicted octanol–water partition coefficient (Wildman–Crippen LogP) is 5.67. The fraction of sp³-hybridized carbons (Fsp3) is 0.696. The molecule has 0 amide bonds. The third-order valence-corrected chi connectivity index (χ3v) is 6.44. The number of carbonyl (C=O) groups excluding carboxylic acids is 1. The normalized spacial score (nSPS) is 25.1. The molecule has 0 heterocycles. The first-order chi connectivity index (χ1) is 11.9. The minimum absolute atomic E-state index is 0.172. The second kappa shape index (κ2) is 8.98.